The quantitative estimate of drug-likeness (QED) is 0.665. The van der Waals surface area contributed by atoms with Crippen LogP contribution in [0.4, 0.5) is 0 Å². The van der Waals surface area contributed by atoms with E-state index in [1.165, 1.54) is 38.5 Å². The molecule has 0 aromatic heterocycles. The lowest BCUT2D eigenvalue weighted by atomic mass is 9.83. The fraction of sp³-hybridized carbons (Fsp3) is 0.917. The predicted octanol–water partition coefficient (Wildman–Crippen LogP) is 1.29. The van der Waals surface area contributed by atoms with Crippen molar-refractivity contribution in [1.82, 2.24) is 10.6 Å². The number of nitrogens with one attached hydrogen (secondary N) is 2. The van der Waals surface area contributed by atoms with Crippen molar-refractivity contribution in [1.29, 1.82) is 0 Å². The molecule has 2 aliphatic rings. The lowest BCUT2D eigenvalue weighted by Crippen LogP contribution is -2.36. The molecule has 0 unspecified atom stereocenters. The Morgan fingerprint density at radius 1 is 1.13 bits per heavy atom. The Morgan fingerprint density at radius 3 is 2.53 bits per heavy atom. The minimum Gasteiger partial charge on any atom is -0.355 e. The first-order chi connectivity index (χ1) is 7.34. The summed E-state index contributed by atoms with van der Waals surface area (Å²) in [6.45, 7) is 2.39. The summed E-state index contributed by atoms with van der Waals surface area (Å²) in [4.78, 5) is 11.4. The van der Waals surface area contributed by atoms with Crippen molar-refractivity contribution in [2.45, 2.75) is 38.5 Å². The van der Waals surface area contributed by atoms with Gasteiger partial charge in [-0.2, -0.15) is 0 Å². The molecule has 0 aromatic rings. The summed E-state index contributed by atoms with van der Waals surface area (Å²) in [5, 5.41) is 6.18. The number of carbonyl (C=O) groups is 1. The highest BCUT2D eigenvalue weighted by Crippen LogP contribution is 2.28. The largest absolute Gasteiger partial charge is 0.355 e. The molecule has 2 fully saturated rings. The van der Waals surface area contributed by atoms with Crippen molar-refractivity contribution in [2.75, 3.05) is 19.6 Å². The Labute approximate surface area is 92.0 Å². The number of hydrogen-bond donors (Lipinski definition) is 2. The Kier molecular flexibility index (Phi) is 4.01. The van der Waals surface area contributed by atoms with Gasteiger partial charge in [-0.15, -0.1) is 0 Å². The van der Waals surface area contributed by atoms with Gasteiger partial charge < -0.3 is 10.6 Å². The summed E-state index contributed by atoms with van der Waals surface area (Å²) < 4.78 is 0. The number of amides is 1. The fourth-order valence-electron chi connectivity index (χ4n) is 1.97. The molecule has 15 heavy (non-hydrogen) atoms. The third-order valence-corrected chi connectivity index (χ3v) is 3.51. The number of rotatable bonds is 7. The average molecular weight is 210 g/mol. The second-order valence-corrected chi connectivity index (χ2v) is 5.01. The highest BCUT2D eigenvalue weighted by molar-refractivity contribution is 5.77. The van der Waals surface area contributed by atoms with Crippen LogP contribution in [0.2, 0.25) is 0 Å². The van der Waals surface area contributed by atoms with Crippen LogP contribution in [-0.2, 0) is 4.79 Å². The smallest absolute Gasteiger partial charge is 0.233 e. The van der Waals surface area contributed by atoms with Crippen molar-refractivity contribution in [3.8, 4) is 0 Å². The van der Waals surface area contributed by atoms with Crippen LogP contribution in [0.5, 0.6) is 0 Å². The lowest BCUT2D eigenvalue weighted by molar-refractivity contribution is -0.120. The van der Waals surface area contributed by atoms with E-state index < -0.39 is 0 Å². The maximum atomic E-state index is 11.4. The van der Waals surface area contributed by atoms with Gasteiger partial charge >= 0.3 is 0 Å². The first-order valence-corrected chi connectivity index (χ1v) is 6.32. The van der Waals surface area contributed by atoms with E-state index in [1.807, 2.05) is 0 Å². The number of carbonyl (C=O) groups excluding carboxylic acids is 1. The van der Waals surface area contributed by atoms with Crippen LogP contribution in [0.15, 0.2) is 0 Å². The molecule has 3 nitrogen and oxygen atoms in total. The minimum atomic E-state index is 0.162. The van der Waals surface area contributed by atoms with Gasteiger partial charge in [-0.05, 0) is 37.6 Å². The van der Waals surface area contributed by atoms with Gasteiger partial charge in [0.2, 0.25) is 5.91 Å². The Bertz CT molecular complexity index is 210. The Morgan fingerprint density at radius 2 is 1.93 bits per heavy atom. The zero-order valence-electron chi connectivity index (χ0n) is 9.43. The van der Waals surface area contributed by atoms with Gasteiger partial charge in [-0.3, -0.25) is 4.79 Å². The monoisotopic (exact) mass is 210 g/mol. The van der Waals surface area contributed by atoms with Crippen molar-refractivity contribution in [3.63, 3.8) is 0 Å². The molecule has 2 saturated carbocycles. The normalized spacial score (nSPS) is 21.1. The van der Waals surface area contributed by atoms with Gasteiger partial charge in [-0.1, -0.05) is 19.3 Å². The SMILES string of the molecule is O=C(CNCC1CC1)NCCC1CCC1. The molecule has 2 N–H and O–H groups in total. The summed E-state index contributed by atoms with van der Waals surface area (Å²) in [5.74, 6) is 1.91. The van der Waals surface area contributed by atoms with Gasteiger partial charge in [0.05, 0.1) is 6.54 Å². The van der Waals surface area contributed by atoms with Crippen LogP contribution in [0.3, 0.4) is 0 Å². The van der Waals surface area contributed by atoms with Crippen molar-refractivity contribution < 1.29 is 4.79 Å². The Balaban J connectivity index is 1.41. The predicted molar refractivity (Wildman–Crippen MR) is 60.6 cm³/mol. The molecule has 3 heteroatoms. The summed E-state index contributed by atoms with van der Waals surface area (Å²) >= 11 is 0. The van der Waals surface area contributed by atoms with E-state index in [0.717, 1.165) is 24.9 Å². The van der Waals surface area contributed by atoms with Crippen molar-refractivity contribution in [2.24, 2.45) is 11.8 Å². The summed E-state index contributed by atoms with van der Waals surface area (Å²) in [6.07, 6.45) is 7.99. The number of hydrogen-bond acceptors (Lipinski definition) is 2. The molecule has 0 radical (unpaired) electrons. The van der Waals surface area contributed by atoms with Gasteiger partial charge in [0, 0.05) is 6.54 Å². The molecule has 1 amide bonds. The molecule has 2 aliphatic carbocycles. The van der Waals surface area contributed by atoms with E-state index in [2.05, 4.69) is 10.6 Å². The van der Waals surface area contributed by atoms with Gasteiger partial charge in [0.1, 0.15) is 0 Å². The molecule has 0 bridgehead atoms. The molecule has 0 aliphatic heterocycles. The van der Waals surface area contributed by atoms with Crippen LogP contribution in [0.1, 0.15) is 38.5 Å². The summed E-state index contributed by atoms with van der Waals surface area (Å²) in [5.41, 5.74) is 0. The molecule has 0 saturated heterocycles. The van der Waals surface area contributed by atoms with Crippen LogP contribution >= 0.6 is 0 Å². The molecule has 2 rings (SSSR count). The molecule has 0 heterocycles. The van der Waals surface area contributed by atoms with E-state index in [4.69, 9.17) is 0 Å². The zero-order valence-corrected chi connectivity index (χ0v) is 9.43. The van der Waals surface area contributed by atoms with E-state index >= 15 is 0 Å². The molecule has 86 valence electrons. The summed E-state index contributed by atoms with van der Waals surface area (Å²) in [6, 6.07) is 0. The van der Waals surface area contributed by atoms with Crippen LogP contribution in [0.25, 0.3) is 0 Å². The van der Waals surface area contributed by atoms with Gasteiger partial charge in [-0.25, -0.2) is 0 Å². The fourth-order valence-corrected chi connectivity index (χ4v) is 1.97. The molecule has 0 atom stereocenters. The first kappa shape index (κ1) is 10.9. The zero-order chi connectivity index (χ0) is 10.5. The minimum absolute atomic E-state index is 0.162. The van der Waals surface area contributed by atoms with Crippen LogP contribution < -0.4 is 10.6 Å². The molecular weight excluding hydrogens is 188 g/mol. The molecule has 0 spiro atoms. The highest BCUT2D eigenvalue weighted by Gasteiger charge is 2.20. The Hall–Kier alpha value is -0.570. The molecule has 0 aromatic carbocycles. The van der Waals surface area contributed by atoms with Crippen molar-refractivity contribution in [3.05, 3.63) is 0 Å². The maximum absolute atomic E-state index is 11.4. The topological polar surface area (TPSA) is 41.1 Å². The van der Waals surface area contributed by atoms with E-state index in [0.29, 0.717) is 6.54 Å². The van der Waals surface area contributed by atoms with E-state index in [9.17, 15) is 4.79 Å². The third-order valence-electron chi connectivity index (χ3n) is 3.51. The average Bonchev–Trinajstić information content (AvgIpc) is 2.93. The van der Waals surface area contributed by atoms with E-state index in [1.54, 1.807) is 0 Å². The third kappa shape index (κ3) is 4.20. The van der Waals surface area contributed by atoms with Crippen molar-refractivity contribution >= 4 is 5.91 Å². The lowest BCUT2D eigenvalue weighted by Gasteiger charge is -2.25. The molecular formula is C12H22N2O. The second-order valence-electron chi connectivity index (χ2n) is 5.01. The van der Waals surface area contributed by atoms with Gasteiger partial charge in [0.15, 0.2) is 0 Å². The highest BCUT2D eigenvalue weighted by atomic mass is 16.1. The van der Waals surface area contributed by atoms with E-state index in [-0.39, 0.29) is 5.91 Å². The van der Waals surface area contributed by atoms with Crippen LogP contribution in [0, 0.1) is 11.8 Å². The second kappa shape index (κ2) is 5.50. The first-order valence-electron chi connectivity index (χ1n) is 6.32. The maximum Gasteiger partial charge on any atom is 0.233 e. The summed E-state index contributed by atoms with van der Waals surface area (Å²) in [7, 11) is 0. The van der Waals surface area contributed by atoms with Crippen LogP contribution in [-0.4, -0.2) is 25.5 Å². The standard InChI is InChI=1S/C12H22N2O/c15-12(9-13-8-11-4-5-11)14-7-6-10-2-1-3-10/h10-11,13H,1-9H2,(H,14,15). The van der Waals surface area contributed by atoms with Gasteiger partial charge in [0.25, 0.3) is 0 Å².